The van der Waals surface area contributed by atoms with Crippen LogP contribution in [0.5, 0.6) is 0 Å². The standard InChI is InChI=1S/C63H44N2S2/c1-63(2)55-18-10-9-17-51(55)53-39-54-52-37-38-60-62(67-59-20-12-11-19-58(59)66-60)61(52)65(57(54)40-56(53)63)50-35-29-46(30-36-50)43-23-21-42(22-24-43)45-27-33-49(34-28-45)64(47-15-7-4-8-16-47)48-31-25-44(26-32-48)41-13-5-3-6-14-41/h3-40H,1-2H3. The van der Waals surface area contributed by atoms with Crippen LogP contribution in [-0.2, 0) is 5.41 Å². The van der Waals surface area contributed by atoms with Gasteiger partial charge in [0.2, 0.25) is 0 Å². The summed E-state index contributed by atoms with van der Waals surface area (Å²) in [6, 6.07) is 84.6. The lowest BCUT2D eigenvalue weighted by Crippen LogP contribution is -2.15. The lowest BCUT2D eigenvalue weighted by atomic mass is 9.82. The summed E-state index contributed by atoms with van der Waals surface area (Å²) in [6.45, 7) is 4.76. The van der Waals surface area contributed by atoms with Gasteiger partial charge in [-0.05, 0) is 134 Å². The largest absolute Gasteiger partial charge is 0.311 e. The molecule has 0 fully saturated rings. The van der Waals surface area contributed by atoms with Gasteiger partial charge in [-0.25, -0.2) is 0 Å². The highest BCUT2D eigenvalue weighted by atomic mass is 32.2. The van der Waals surface area contributed by atoms with Crippen molar-refractivity contribution >= 4 is 62.4 Å². The third-order valence-electron chi connectivity index (χ3n) is 13.9. The molecule has 0 radical (unpaired) electrons. The van der Waals surface area contributed by atoms with E-state index in [0.29, 0.717) is 0 Å². The van der Waals surface area contributed by atoms with Crippen molar-refractivity contribution in [2.24, 2.45) is 0 Å². The Morgan fingerprint density at radius 3 is 1.49 bits per heavy atom. The highest BCUT2D eigenvalue weighted by molar-refractivity contribution is 8.05. The Kier molecular flexibility index (Phi) is 9.42. The molecule has 10 aromatic carbocycles. The number of hydrogen-bond donors (Lipinski definition) is 0. The number of aromatic nitrogens is 1. The molecule has 1 aliphatic carbocycles. The van der Waals surface area contributed by atoms with Crippen LogP contribution in [0, 0.1) is 0 Å². The minimum Gasteiger partial charge on any atom is -0.311 e. The number of benzene rings is 10. The molecular formula is C63H44N2S2. The summed E-state index contributed by atoms with van der Waals surface area (Å²) in [5, 5.41) is 2.59. The molecule has 0 saturated heterocycles. The monoisotopic (exact) mass is 892 g/mol. The molecule has 1 aliphatic heterocycles. The van der Waals surface area contributed by atoms with Gasteiger partial charge in [0.1, 0.15) is 0 Å². The molecule has 0 amide bonds. The Balaban J connectivity index is 0.835. The highest BCUT2D eigenvalue weighted by Gasteiger charge is 2.36. The highest BCUT2D eigenvalue weighted by Crippen LogP contribution is 2.55. The lowest BCUT2D eigenvalue weighted by molar-refractivity contribution is 0.661. The molecule has 0 atom stereocenters. The molecule has 318 valence electrons. The number of anilines is 3. The van der Waals surface area contributed by atoms with Crippen molar-refractivity contribution in [1.82, 2.24) is 4.57 Å². The van der Waals surface area contributed by atoms with Crippen LogP contribution >= 0.6 is 23.5 Å². The summed E-state index contributed by atoms with van der Waals surface area (Å²) < 4.78 is 2.54. The summed E-state index contributed by atoms with van der Waals surface area (Å²) in [5.74, 6) is 0. The summed E-state index contributed by atoms with van der Waals surface area (Å²) in [7, 11) is 0. The van der Waals surface area contributed by atoms with Gasteiger partial charge in [-0.3, -0.25) is 0 Å². The van der Waals surface area contributed by atoms with Crippen LogP contribution in [0.1, 0.15) is 25.0 Å². The fraction of sp³-hybridized carbons (Fsp3) is 0.0476. The van der Waals surface area contributed by atoms with Gasteiger partial charge in [-0.2, -0.15) is 0 Å². The van der Waals surface area contributed by atoms with Gasteiger partial charge < -0.3 is 9.47 Å². The predicted octanol–water partition coefficient (Wildman–Crippen LogP) is 18.2. The Bertz CT molecular complexity index is 3670. The zero-order chi connectivity index (χ0) is 44.6. The van der Waals surface area contributed by atoms with E-state index in [4.69, 9.17) is 0 Å². The second-order valence-corrected chi connectivity index (χ2v) is 20.3. The van der Waals surface area contributed by atoms with Gasteiger partial charge in [0.15, 0.2) is 0 Å². The van der Waals surface area contributed by atoms with E-state index in [1.807, 2.05) is 23.5 Å². The first-order valence-corrected chi connectivity index (χ1v) is 24.6. The molecule has 0 bridgehead atoms. The molecule has 67 heavy (non-hydrogen) atoms. The van der Waals surface area contributed by atoms with Crippen LogP contribution in [0.15, 0.2) is 250 Å². The summed E-state index contributed by atoms with van der Waals surface area (Å²) in [4.78, 5) is 7.60. The van der Waals surface area contributed by atoms with E-state index in [-0.39, 0.29) is 5.41 Å². The van der Waals surface area contributed by atoms with Crippen molar-refractivity contribution < 1.29 is 0 Å². The SMILES string of the molecule is CC1(C)c2ccccc2-c2cc3c4ccc5c(c4n(-c4ccc(-c6ccc(-c7ccc(N(c8ccccc8)c8ccc(-c9ccccc9)cc8)cc7)cc6)cc4)c3cc21)Sc1ccccc1S5. The second-order valence-electron chi connectivity index (χ2n) is 18.1. The fourth-order valence-corrected chi connectivity index (χ4v) is 12.8. The Labute approximate surface area is 400 Å². The third-order valence-corrected chi connectivity index (χ3v) is 16.5. The maximum atomic E-state index is 2.54. The minimum atomic E-state index is -0.0964. The molecule has 4 heteroatoms. The first-order valence-electron chi connectivity index (χ1n) is 23.0. The maximum Gasteiger partial charge on any atom is 0.0692 e. The quantitative estimate of drug-likeness (QED) is 0.158. The van der Waals surface area contributed by atoms with Crippen LogP contribution in [0.2, 0.25) is 0 Å². The molecule has 2 aliphatic rings. The van der Waals surface area contributed by atoms with Crippen molar-refractivity contribution in [3.63, 3.8) is 0 Å². The van der Waals surface area contributed by atoms with E-state index in [2.05, 4.69) is 254 Å². The summed E-state index contributed by atoms with van der Waals surface area (Å²) in [5.41, 5.74) is 19.6. The summed E-state index contributed by atoms with van der Waals surface area (Å²) in [6.07, 6.45) is 0. The number of fused-ring (bicyclic) bond motifs is 9. The molecule has 1 aromatic heterocycles. The van der Waals surface area contributed by atoms with Crippen molar-refractivity contribution in [3.8, 4) is 50.2 Å². The number of nitrogens with zero attached hydrogens (tertiary/aromatic N) is 2. The molecule has 2 heterocycles. The smallest absolute Gasteiger partial charge is 0.0692 e. The van der Waals surface area contributed by atoms with Crippen molar-refractivity contribution in [1.29, 1.82) is 0 Å². The second kappa shape index (κ2) is 15.8. The first-order chi connectivity index (χ1) is 33.0. The molecule has 2 nitrogen and oxygen atoms in total. The molecule has 11 aromatic rings. The average Bonchev–Trinajstić information content (AvgIpc) is 3.84. The Morgan fingerprint density at radius 2 is 0.866 bits per heavy atom. The summed E-state index contributed by atoms with van der Waals surface area (Å²) >= 11 is 3.79. The molecular weight excluding hydrogens is 849 g/mol. The molecule has 0 saturated carbocycles. The topological polar surface area (TPSA) is 8.17 Å². The fourth-order valence-electron chi connectivity index (χ4n) is 10.5. The number of hydrogen-bond acceptors (Lipinski definition) is 3. The minimum absolute atomic E-state index is 0.0964. The molecule has 0 unspecified atom stereocenters. The first kappa shape index (κ1) is 39.8. The average molecular weight is 893 g/mol. The zero-order valence-electron chi connectivity index (χ0n) is 37.2. The van der Waals surface area contributed by atoms with Crippen molar-refractivity contribution in [2.75, 3.05) is 4.90 Å². The van der Waals surface area contributed by atoms with E-state index in [1.165, 1.54) is 103 Å². The van der Waals surface area contributed by atoms with Gasteiger partial charge in [0.25, 0.3) is 0 Å². The van der Waals surface area contributed by atoms with Gasteiger partial charge in [0, 0.05) is 53.6 Å². The van der Waals surface area contributed by atoms with Crippen LogP contribution in [0.25, 0.3) is 72.0 Å². The van der Waals surface area contributed by atoms with E-state index in [9.17, 15) is 0 Å². The van der Waals surface area contributed by atoms with Crippen LogP contribution in [0.3, 0.4) is 0 Å². The lowest BCUT2D eigenvalue weighted by Gasteiger charge is -2.26. The van der Waals surface area contributed by atoms with Crippen LogP contribution in [0.4, 0.5) is 17.1 Å². The van der Waals surface area contributed by atoms with Gasteiger partial charge >= 0.3 is 0 Å². The molecule has 13 rings (SSSR count). The van der Waals surface area contributed by atoms with Crippen LogP contribution in [-0.4, -0.2) is 4.57 Å². The van der Waals surface area contributed by atoms with E-state index in [1.54, 1.807) is 0 Å². The zero-order valence-corrected chi connectivity index (χ0v) is 38.8. The number of para-hydroxylation sites is 1. The molecule has 0 spiro atoms. The number of rotatable bonds is 7. The Hall–Kier alpha value is -7.50. The van der Waals surface area contributed by atoms with Crippen molar-refractivity contribution in [2.45, 2.75) is 38.8 Å². The molecule has 0 N–H and O–H groups in total. The van der Waals surface area contributed by atoms with E-state index >= 15 is 0 Å². The maximum absolute atomic E-state index is 2.54. The van der Waals surface area contributed by atoms with Gasteiger partial charge in [-0.15, -0.1) is 0 Å². The van der Waals surface area contributed by atoms with E-state index in [0.717, 1.165) is 17.1 Å². The van der Waals surface area contributed by atoms with Gasteiger partial charge in [-0.1, -0.05) is 189 Å². The van der Waals surface area contributed by atoms with Gasteiger partial charge in [0.05, 0.1) is 15.9 Å². The van der Waals surface area contributed by atoms with Crippen LogP contribution < -0.4 is 4.90 Å². The third kappa shape index (κ3) is 6.66. The normalized spacial score (nSPS) is 13.2. The van der Waals surface area contributed by atoms with E-state index < -0.39 is 0 Å². The van der Waals surface area contributed by atoms with Crippen molar-refractivity contribution in [3.05, 3.63) is 242 Å². The predicted molar refractivity (Wildman–Crippen MR) is 284 cm³/mol. The Morgan fingerprint density at radius 1 is 0.373 bits per heavy atom.